The minimum atomic E-state index is -0.921. The molecule has 1 N–H and O–H groups in total. The second-order valence-electron chi connectivity index (χ2n) is 2.58. The van der Waals surface area contributed by atoms with Gasteiger partial charge >= 0.3 is 5.97 Å². The molecule has 0 saturated carbocycles. The highest BCUT2D eigenvalue weighted by atomic mass is 35.5. The van der Waals surface area contributed by atoms with E-state index in [2.05, 4.69) is 0 Å². The van der Waals surface area contributed by atoms with E-state index in [-0.39, 0.29) is 12.4 Å². The minimum absolute atomic E-state index is 0. The number of carbonyl (C=O) groups is 1. The summed E-state index contributed by atoms with van der Waals surface area (Å²) in [6.07, 6.45) is 2.70. The third-order valence-electron chi connectivity index (χ3n) is 1.50. The molecule has 3 heteroatoms. The molecule has 1 aromatic rings. The quantitative estimate of drug-likeness (QED) is 0.742. The van der Waals surface area contributed by atoms with Crippen molar-refractivity contribution in [1.29, 1.82) is 0 Å². The fraction of sp³-hybridized carbons (Fsp3) is 0.100. The van der Waals surface area contributed by atoms with Crippen LogP contribution in [0.3, 0.4) is 0 Å². The Morgan fingerprint density at radius 2 is 1.85 bits per heavy atom. The molecule has 0 radical (unpaired) electrons. The highest BCUT2D eigenvalue weighted by Gasteiger charge is 1.88. The number of hydrogen-bond donors (Lipinski definition) is 1. The fourth-order valence-corrected chi connectivity index (χ4v) is 0.845. The van der Waals surface area contributed by atoms with Crippen molar-refractivity contribution in [2.24, 2.45) is 0 Å². The topological polar surface area (TPSA) is 37.3 Å². The summed E-state index contributed by atoms with van der Waals surface area (Å²) >= 11 is 0. The van der Waals surface area contributed by atoms with Gasteiger partial charge in [0, 0.05) is 6.08 Å². The first kappa shape index (κ1) is 11.7. The lowest BCUT2D eigenvalue weighted by molar-refractivity contribution is -0.131. The molecular formula is C10H11ClO2. The zero-order valence-electron chi connectivity index (χ0n) is 7.23. The van der Waals surface area contributed by atoms with Gasteiger partial charge < -0.3 is 5.11 Å². The number of rotatable bonds is 2. The van der Waals surface area contributed by atoms with Crippen LogP contribution in [-0.4, -0.2) is 11.1 Å². The lowest BCUT2D eigenvalue weighted by atomic mass is 10.1. The molecule has 0 unspecified atom stereocenters. The molecule has 0 atom stereocenters. The molecule has 2 nitrogen and oxygen atoms in total. The summed E-state index contributed by atoms with van der Waals surface area (Å²) in [6.45, 7) is 1.99. The molecule has 13 heavy (non-hydrogen) atoms. The molecule has 1 rings (SSSR count). The summed E-state index contributed by atoms with van der Waals surface area (Å²) in [6, 6.07) is 7.66. The number of hydrogen-bond acceptors (Lipinski definition) is 1. The molecule has 0 heterocycles. The average molecular weight is 199 g/mol. The van der Waals surface area contributed by atoms with Crippen molar-refractivity contribution in [3.63, 3.8) is 0 Å². The molecule has 0 aliphatic carbocycles. The molecule has 0 spiro atoms. The maximum atomic E-state index is 10.2. The normalized spacial score (nSPS) is 9.62. The predicted octanol–water partition coefficient (Wildman–Crippen LogP) is 2.51. The van der Waals surface area contributed by atoms with Crippen molar-refractivity contribution >= 4 is 24.5 Å². The first-order valence-electron chi connectivity index (χ1n) is 3.66. The summed E-state index contributed by atoms with van der Waals surface area (Å²) in [4.78, 5) is 10.2. The molecule has 0 bridgehead atoms. The van der Waals surface area contributed by atoms with Crippen molar-refractivity contribution in [3.8, 4) is 0 Å². The maximum Gasteiger partial charge on any atom is 0.328 e. The van der Waals surface area contributed by atoms with Crippen molar-refractivity contribution < 1.29 is 9.90 Å². The highest BCUT2D eigenvalue weighted by molar-refractivity contribution is 5.85. The van der Waals surface area contributed by atoms with Gasteiger partial charge in [-0.15, -0.1) is 12.4 Å². The first-order chi connectivity index (χ1) is 5.68. The van der Waals surface area contributed by atoms with Gasteiger partial charge in [-0.05, 0) is 18.6 Å². The minimum Gasteiger partial charge on any atom is -0.478 e. The summed E-state index contributed by atoms with van der Waals surface area (Å²) in [7, 11) is 0. The number of carboxylic acid groups (broad SMARTS) is 1. The fourth-order valence-electron chi connectivity index (χ4n) is 0.845. The standard InChI is InChI=1S/C10H10O2.ClH/c1-8-2-4-9(5-3-8)6-7-10(11)12;/h2-7H,1H3,(H,11,12);1H/b7-6+;. The van der Waals surface area contributed by atoms with Gasteiger partial charge in [-0.25, -0.2) is 4.79 Å². The largest absolute Gasteiger partial charge is 0.478 e. The summed E-state index contributed by atoms with van der Waals surface area (Å²) in [5, 5.41) is 8.34. The van der Waals surface area contributed by atoms with Crippen LogP contribution >= 0.6 is 12.4 Å². The Labute approximate surface area is 83.3 Å². The number of carboxylic acids is 1. The predicted molar refractivity (Wildman–Crippen MR) is 55.1 cm³/mol. The van der Waals surface area contributed by atoms with Crippen LogP contribution in [0.5, 0.6) is 0 Å². The summed E-state index contributed by atoms with van der Waals surface area (Å²) in [5.74, 6) is -0.921. The number of aliphatic carboxylic acids is 1. The van der Waals surface area contributed by atoms with Gasteiger partial charge in [0.2, 0.25) is 0 Å². The molecule has 0 aliphatic heterocycles. The number of halogens is 1. The van der Waals surface area contributed by atoms with Crippen molar-refractivity contribution in [2.75, 3.05) is 0 Å². The smallest absolute Gasteiger partial charge is 0.328 e. The van der Waals surface area contributed by atoms with E-state index in [0.29, 0.717) is 0 Å². The van der Waals surface area contributed by atoms with Crippen LogP contribution in [0.2, 0.25) is 0 Å². The van der Waals surface area contributed by atoms with Gasteiger partial charge in [0.1, 0.15) is 0 Å². The maximum absolute atomic E-state index is 10.2. The Hall–Kier alpha value is -1.28. The zero-order valence-corrected chi connectivity index (χ0v) is 8.04. The van der Waals surface area contributed by atoms with E-state index in [1.54, 1.807) is 6.08 Å². The Morgan fingerprint density at radius 3 is 2.31 bits per heavy atom. The number of aryl methyl sites for hydroxylation is 1. The molecule has 1 aromatic carbocycles. The number of benzene rings is 1. The van der Waals surface area contributed by atoms with E-state index < -0.39 is 5.97 Å². The highest BCUT2D eigenvalue weighted by Crippen LogP contribution is 2.04. The van der Waals surface area contributed by atoms with Crippen LogP contribution in [0, 0.1) is 6.92 Å². The van der Waals surface area contributed by atoms with E-state index in [4.69, 9.17) is 5.11 Å². The Bertz CT molecular complexity index is 301. The second-order valence-corrected chi connectivity index (χ2v) is 2.58. The van der Waals surface area contributed by atoms with Crippen molar-refractivity contribution in [1.82, 2.24) is 0 Å². The summed E-state index contributed by atoms with van der Waals surface area (Å²) in [5.41, 5.74) is 2.07. The Balaban J connectivity index is 0.00000144. The van der Waals surface area contributed by atoms with Crippen molar-refractivity contribution in [3.05, 3.63) is 41.5 Å². The van der Waals surface area contributed by atoms with E-state index in [1.165, 1.54) is 5.56 Å². The van der Waals surface area contributed by atoms with Gasteiger partial charge in [-0.1, -0.05) is 29.8 Å². The monoisotopic (exact) mass is 198 g/mol. The van der Waals surface area contributed by atoms with Crippen molar-refractivity contribution in [2.45, 2.75) is 6.92 Å². The molecule has 0 amide bonds. The SMILES string of the molecule is Cc1ccc(/C=C/C(=O)O)cc1.Cl. The molecule has 70 valence electrons. The van der Waals surface area contributed by atoms with Crippen LogP contribution in [0.4, 0.5) is 0 Å². The van der Waals surface area contributed by atoms with Gasteiger partial charge in [0.15, 0.2) is 0 Å². The van der Waals surface area contributed by atoms with Crippen LogP contribution in [0.25, 0.3) is 6.08 Å². The second kappa shape index (κ2) is 5.38. The van der Waals surface area contributed by atoms with E-state index in [0.717, 1.165) is 11.6 Å². The van der Waals surface area contributed by atoms with Gasteiger partial charge in [-0.2, -0.15) is 0 Å². The lowest BCUT2D eigenvalue weighted by Gasteiger charge is -1.92. The van der Waals surface area contributed by atoms with E-state index >= 15 is 0 Å². The van der Waals surface area contributed by atoms with E-state index in [1.807, 2.05) is 31.2 Å². The third-order valence-corrected chi connectivity index (χ3v) is 1.50. The van der Waals surface area contributed by atoms with Crippen LogP contribution in [0.1, 0.15) is 11.1 Å². The molecule has 0 fully saturated rings. The van der Waals surface area contributed by atoms with Gasteiger partial charge in [0.25, 0.3) is 0 Å². The summed E-state index contributed by atoms with van der Waals surface area (Å²) < 4.78 is 0. The molecular weight excluding hydrogens is 188 g/mol. The Kier molecular flexibility index (Phi) is 4.85. The third kappa shape index (κ3) is 4.33. The van der Waals surface area contributed by atoms with Crippen LogP contribution in [0.15, 0.2) is 30.3 Å². The Morgan fingerprint density at radius 1 is 1.31 bits per heavy atom. The molecule has 0 aromatic heterocycles. The lowest BCUT2D eigenvalue weighted by Crippen LogP contribution is -1.85. The van der Waals surface area contributed by atoms with Gasteiger partial charge in [-0.3, -0.25) is 0 Å². The molecule has 0 aliphatic rings. The average Bonchev–Trinajstić information content (AvgIpc) is 2.03. The van der Waals surface area contributed by atoms with Gasteiger partial charge in [0.05, 0.1) is 0 Å². The van der Waals surface area contributed by atoms with E-state index in [9.17, 15) is 4.79 Å². The molecule has 0 saturated heterocycles. The first-order valence-corrected chi connectivity index (χ1v) is 3.66. The van der Waals surface area contributed by atoms with Crippen LogP contribution in [-0.2, 0) is 4.79 Å². The zero-order chi connectivity index (χ0) is 8.97. The van der Waals surface area contributed by atoms with Crippen LogP contribution < -0.4 is 0 Å².